The summed E-state index contributed by atoms with van der Waals surface area (Å²) in [6.07, 6.45) is 0. The molecule has 2 heterocycles. The molecule has 0 fully saturated rings. The summed E-state index contributed by atoms with van der Waals surface area (Å²) < 4.78 is 2.83. The third-order valence-corrected chi connectivity index (χ3v) is 3.51. The maximum atomic E-state index is 5.75. The van der Waals surface area contributed by atoms with Gasteiger partial charge in [-0.3, -0.25) is 0 Å². The van der Waals surface area contributed by atoms with E-state index < -0.39 is 0 Å². The topological polar surface area (TPSA) is 69.6 Å². The lowest BCUT2D eigenvalue weighted by Crippen LogP contribution is -2.14. The summed E-state index contributed by atoms with van der Waals surface area (Å²) in [6.45, 7) is 2.53. The molecule has 0 saturated carbocycles. The van der Waals surface area contributed by atoms with Crippen LogP contribution in [0.15, 0.2) is 15.9 Å². The van der Waals surface area contributed by atoms with Crippen LogP contribution >= 0.6 is 27.3 Å². The Kier molecular flexibility index (Phi) is 3.13. The molecule has 0 aliphatic carbocycles. The number of tetrazole rings is 1. The Bertz CT molecular complexity index is 449. The number of rotatable bonds is 3. The monoisotopic (exact) mass is 287 g/mol. The molecular formula is C8H10BrN5S. The fraction of sp³-hybridized carbons (Fsp3) is 0.375. The minimum Gasteiger partial charge on any atom is -0.322 e. The van der Waals surface area contributed by atoms with E-state index in [0.29, 0.717) is 12.4 Å². The van der Waals surface area contributed by atoms with Gasteiger partial charge in [0.15, 0.2) is 5.82 Å². The van der Waals surface area contributed by atoms with Gasteiger partial charge in [0.05, 0.1) is 16.4 Å². The third kappa shape index (κ3) is 2.42. The first kappa shape index (κ1) is 10.7. The average molecular weight is 288 g/mol. The van der Waals surface area contributed by atoms with Gasteiger partial charge < -0.3 is 5.73 Å². The number of thiophene rings is 1. The second-order valence-corrected chi connectivity index (χ2v) is 5.74. The van der Waals surface area contributed by atoms with Crippen molar-refractivity contribution in [1.29, 1.82) is 0 Å². The highest BCUT2D eigenvalue weighted by molar-refractivity contribution is 9.11. The highest BCUT2D eigenvalue weighted by atomic mass is 79.9. The van der Waals surface area contributed by atoms with Crippen LogP contribution in [0.1, 0.15) is 23.7 Å². The summed E-state index contributed by atoms with van der Waals surface area (Å²) in [5, 5.41) is 11.4. The Morgan fingerprint density at radius 2 is 2.40 bits per heavy atom. The summed E-state index contributed by atoms with van der Waals surface area (Å²) in [4.78, 5) is 1.19. The Morgan fingerprint density at radius 1 is 1.60 bits per heavy atom. The fourth-order valence-electron chi connectivity index (χ4n) is 1.23. The van der Waals surface area contributed by atoms with Gasteiger partial charge in [0, 0.05) is 4.88 Å². The molecule has 0 saturated heterocycles. The van der Waals surface area contributed by atoms with E-state index in [1.54, 1.807) is 16.0 Å². The normalized spacial score (nSPS) is 13.0. The fourth-order valence-corrected chi connectivity index (χ4v) is 2.70. The molecular weight excluding hydrogens is 278 g/mol. The zero-order chi connectivity index (χ0) is 10.8. The van der Waals surface area contributed by atoms with Gasteiger partial charge in [0.1, 0.15) is 0 Å². The predicted octanol–water partition coefficient (Wildman–Crippen LogP) is 1.57. The van der Waals surface area contributed by atoms with Crippen LogP contribution in [0.2, 0.25) is 0 Å². The predicted molar refractivity (Wildman–Crippen MR) is 61.5 cm³/mol. The second kappa shape index (κ2) is 4.38. The molecule has 5 nitrogen and oxygen atoms in total. The highest BCUT2D eigenvalue weighted by Crippen LogP contribution is 2.23. The molecule has 2 N–H and O–H groups in total. The van der Waals surface area contributed by atoms with Crippen LogP contribution in [-0.2, 0) is 6.54 Å². The molecule has 0 aromatic carbocycles. The van der Waals surface area contributed by atoms with Crippen molar-refractivity contribution in [1.82, 2.24) is 20.2 Å². The SMILES string of the molecule is CC(N)c1nnnn1Cc1ccc(Br)s1. The Morgan fingerprint density at radius 3 is 3.00 bits per heavy atom. The molecule has 2 rings (SSSR count). The van der Waals surface area contributed by atoms with Gasteiger partial charge in [-0.1, -0.05) is 0 Å². The summed E-state index contributed by atoms with van der Waals surface area (Å²) in [6, 6.07) is 3.90. The maximum Gasteiger partial charge on any atom is 0.168 e. The lowest BCUT2D eigenvalue weighted by Gasteiger charge is -2.04. The van der Waals surface area contributed by atoms with Crippen LogP contribution in [0, 0.1) is 0 Å². The number of nitrogens with zero attached hydrogens (tertiary/aromatic N) is 4. The van der Waals surface area contributed by atoms with Gasteiger partial charge in [0.2, 0.25) is 0 Å². The third-order valence-electron chi connectivity index (χ3n) is 1.90. The molecule has 0 bridgehead atoms. The first-order valence-electron chi connectivity index (χ1n) is 4.42. The van der Waals surface area contributed by atoms with E-state index in [1.807, 2.05) is 19.1 Å². The number of aromatic nitrogens is 4. The van der Waals surface area contributed by atoms with Crippen LogP contribution in [0.3, 0.4) is 0 Å². The minimum atomic E-state index is -0.150. The lowest BCUT2D eigenvalue weighted by atomic mass is 10.3. The number of hydrogen-bond acceptors (Lipinski definition) is 5. The van der Waals surface area contributed by atoms with Crippen LogP contribution in [0.5, 0.6) is 0 Å². The maximum absolute atomic E-state index is 5.75. The van der Waals surface area contributed by atoms with Crippen molar-refractivity contribution in [3.05, 3.63) is 26.6 Å². The minimum absolute atomic E-state index is 0.150. The molecule has 0 radical (unpaired) electrons. The molecule has 0 aliphatic heterocycles. The molecule has 1 unspecified atom stereocenters. The first-order valence-corrected chi connectivity index (χ1v) is 6.03. The first-order chi connectivity index (χ1) is 7.16. The van der Waals surface area contributed by atoms with Gasteiger partial charge in [-0.05, 0) is 45.4 Å². The van der Waals surface area contributed by atoms with E-state index in [-0.39, 0.29) is 6.04 Å². The molecule has 2 aromatic rings. The lowest BCUT2D eigenvalue weighted by molar-refractivity contribution is 0.592. The van der Waals surface area contributed by atoms with Crippen LogP contribution < -0.4 is 5.73 Å². The summed E-state index contributed by atoms with van der Waals surface area (Å²) in [7, 11) is 0. The number of nitrogens with two attached hydrogens (primary N) is 1. The summed E-state index contributed by atoms with van der Waals surface area (Å²) in [5.74, 6) is 0.708. The molecule has 0 aliphatic rings. The van der Waals surface area contributed by atoms with Gasteiger partial charge >= 0.3 is 0 Å². The second-order valence-electron chi connectivity index (χ2n) is 3.19. The Labute approximate surface area is 99.4 Å². The molecule has 15 heavy (non-hydrogen) atoms. The molecule has 80 valence electrons. The van der Waals surface area contributed by atoms with Gasteiger partial charge in [-0.2, -0.15) is 0 Å². The van der Waals surface area contributed by atoms with Crippen molar-refractivity contribution in [3.63, 3.8) is 0 Å². The van der Waals surface area contributed by atoms with E-state index in [4.69, 9.17) is 5.73 Å². The summed E-state index contributed by atoms with van der Waals surface area (Å²) >= 11 is 5.08. The zero-order valence-corrected chi connectivity index (χ0v) is 10.5. The zero-order valence-electron chi connectivity index (χ0n) is 8.09. The quantitative estimate of drug-likeness (QED) is 0.930. The molecule has 2 aromatic heterocycles. The smallest absolute Gasteiger partial charge is 0.168 e. The molecule has 0 amide bonds. The molecule has 1 atom stereocenters. The van der Waals surface area contributed by atoms with Crippen LogP contribution in [-0.4, -0.2) is 20.2 Å². The van der Waals surface area contributed by atoms with E-state index in [0.717, 1.165) is 3.79 Å². The average Bonchev–Trinajstić information content (AvgIpc) is 2.75. The van der Waals surface area contributed by atoms with Crippen LogP contribution in [0.4, 0.5) is 0 Å². The number of halogens is 1. The standard InChI is InChI=1S/C8H10BrN5S/c1-5(10)8-11-12-13-14(8)4-6-2-3-7(9)15-6/h2-3,5H,4,10H2,1H3. The largest absolute Gasteiger partial charge is 0.322 e. The molecule has 0 spiro atoms. The molecule has 7 heteroatoms. The van der Waals surface area contributed by atoms with Crippen molar-refractivity contribution >= 4 is 27.3 Å². The highest BCUT2D eigenvalue weighted by Gasteiger charge is 2.11. The van der Waals surface area contributed by atoms with E-state index in [2.05, 4.69) is 31.5 Å². The van der Waals surface area contributed by atoms with Crippen molar-refractivity contribution in [2.45, 2.75) is 19.5 Å². The van der Waals surface area contributed by atoms with Crippen molar-refractivity contribution in [3.8, 4) is 0 Å². The van der Waals surface area contributed by atoms with E-state index in [9.17, 15) is 0 Å². The number of hydrogen-bond donors (Lipinski definition) is 1. The van der Waals surface area contributed by atoms with Crippen LogP contribution in [0.25, 0.3) is 0 Å². The Balaban J connectivity index is 2.20. The van der Waals surface area contributed by atoms with E-state index >= 15 is 0 Å². The van der Waals surface area contributed by atoms with Crippen molar-refractivity contribution in [2.24, 2.45) is 5.73 Å². The van der Waals surface area contributed by atoms with E-state index in [1.165, 1.54) is 4.88 Å². The summed E-state index contributed by atoms with van der Waals surface area (Å²) in [5.41, 5.74) is 5.75. The van der Waals surface area contributed by atoms with Gasteiger partial charge in [-0.15, -0.1) is 16.4 Å². The van der Waals surface area contributed by atoms with Gasteiger partial charge in [0.25, 0.3) is 0 Å². The Hall–Kier alpha value is -0.790. The van der Waals surface area contributed by atoms with Crippen molar-refractivity contribution in [2.75, 3.05) is 0 Å². The van der Waals surface area contributed by atoms with Crippen molar-refractivity contribution < 1.29 is 0 Å². The van der Waals surface area contributed by atoms with Gasteiger partial charge in [-0.25, -0.2) is 4.68 Å².